The van der Waals surface area contributed by atoms with Gasteiger partial charge in [-0.15, -0.1) is 0 Å². The van der Waals surface area contributed by atoms with Crippen molar-refractivity contribution in [3.05, 3.63) is 28.2 Å². The molecule has 4 N–H and O–H groups in total. The maximum absolute atomic E-state index is 12.1. The Morgan fingerprint density at radius 3 is 2.16 bits per heavy atom. The van der Waals surface area contributed by atoms with Crippen LogP contribution in [0.1, 0.15) is 10.4 Å². The van der Waals surface area contributed by atoms with E-state index in [2.05, 4.69) is 15.9 Å². The molecule has 0 spiro atoms. The summed E-state index contributed by atoms with van der Waals surface area (Å²) in [5, 5.41) is 17.4. The van der Waals surface area contributed by atoms with Gasteiger partial charge in [0.25, 0.3) is 5.91 Å². The van der Waals surface area contributed by atoms with Crippen LogP contribution in [0.4, 0.5) is 5.69 Å². The van der Waals surface area contributed by atoms with Crippen LogP contribution in [0.15, 0.2) is 22.7 Å². The second kappa shape index (κ2) is 6.19. The Morgan fingerprint density at radius 1 is 1.16 bits per heavy atom. The van der Waals surface area contributed by atoms with Crippen molar-refractivity contribution >= 4 is 39.5 Å². The molecule has 0 aliphatic heterocycles. The van der Waals surface area contributed by atoms with Crippen molar-refractivity contribution < 1.29 is 24.6 Å². The molecule has 19 heavy (non-hydrogen) atoms. The first-order chi connectivity index (χ1) is 8.81. The SMILES string of the molecule is Nc1ccc(Br)cc1C(=O)N(CC(=O)O)CC(=O)O. The van der Waals surface area contributed by atoms with E-state index < -0.39 is 30.9 Å². The highest BCUT2D eigenvalue weighted by Gasteiger charge is 2.22. The fourth-order valence-electron chi connectivity index (χ4n) is 1.41. The minimum absolute atomic E-state index is 0.0527. The van der Waals surface area contributed by atoms with Gasteiger partial charge in [0.05, 0.1) is 5.56 Å². The molecule has 0 unspecified atom stereocenters. The molecule has 0 saturated heterocycles. The van der Waals surface area contributed by atoms with Crippen molar-refractivity contribution in [2.45, 2.75) is 0 Å². The molecule has 0 heterocycles. The fraction of sp³-hybridized carbons (Fsp3) is 0.182. The minimum Gasteiger partial charge on any atom is -0.480 e. The number of nitrogen functional groups attached to an aromatic ring is 1. The first kappa shape index (κ1) is 15.0. The third-order valence-corrected chi connectivity index (χ3v) is 2.68. The molecule has 102 valence electrons. The number of aliphatic carboxylic acids is 2. The van der Waals surface area contributed by atoms with E-state index in [0.717, 1.165) is 0 Å². The lowest BCUT2D eigenvalue weighted by atomic mass is 10.1. The predicted molar refractivity (Wildman–Crippen MR) is 69.7 cm³/mol. The van der Waals surface area contributed by atoms with Crippen LogP contribution in [0.5, 0.6) is 0 Å². The van der Waals surface area contributed by atoms with E-state index in [-0.39, 0.29) is 11.3 Å². The Hall–Kier alpha value is -2.09. The Bertz CT molecular complexity index is 516. The molecule has 1 aromatic rings. The zero-order valence-electron chi connectivity index (χ0n) is 9.67. The lowest BCUT2D eigenvalue weighted by Crippen LogP contribution is -2.39. The van der Waals surface area contributed by atoms with Gasteiger partial charge < -0.3 is 20.8 Å². The number of carbonyl (C=O) groups is 3. The molecule has 1 aromatic carbocycles. The molecule has 0 fully saturated rings. The average Bonchev–Trinajstić information content (AvgIpc) is 2.29. The summed E-state index contributed by atoms with van der Waals surface area (Å²) in [7, 11) is 0. The van der Waals surface area contributed by atoms with Crippen LogP contribution in [0.2, 0.25) is 0 Å². The van der Waals surface area contributed by atoms with E-state index in [0.29, 0.717) is 9.37 Å². The number of halogens is 1. The molecule has 1 amide bonds. The van der Waals surface area contributed by atoms with Crippen molar-refractivity contribution in [2.24, 2.45) is 0 Å². The van der Waals surface area contributed by atoms with Crippen molar-refractivity contribution in [1.82, 2.24) is 4.90 Å². The van der Waals surface area contributed by atoms with Crippen LogP contribution in [0.3, 0.4) is 0 Å². The summed E-state index contributed by atoms with van der Waals surface area (Å²) < 4.78 is 0.579. The summed E-state index contributed by atoms with van der Waals surface area (Å²) in [6.07, 6.45) is 0. The fourth-order valence-corrected chi connectivity index (χ4v) is 1.77. The van der Waals surface area contributed by atoms with Crippen molar-refractivity contribution in [3.63, 3.8) is 0 Å². The Balaban J connectivity index is 3.07. The number of anilines is 1. The standard InChI is InChI=1S/C11H11BrN2O5/c12-6-1-2-8(13)7(3-6)11(19)14(4-9(15)16)5-10(17)18/h1-3H,4-5,13H2,(H,15,16)(H,17,18). The van der Waals surface area contributed by atoms with Gasteiger partial charge in [0.2, 0.25) is 0 Å². The summed E-state index contributed by atoms with van der Waals surface area (Å²) in [4.78, 5) is 34.1. The lowest BCUT2D eigenvalue weighted by Gasteiger charge is -2.19. The van der Waals surface area contributed by atoms with Crippen molar-refractivity contribution in [2.75, 3.05) is 18.8 Å². The number of carboxylic acids is 2. The van der Waals surface area contributed by atoms with Gasteiger partial charge in [-0.25, -0.2) is 0 Å². The summed E-state index contributed by atoms with van der Waals surface area (Å²) in [6, 6.07) is 4.50. The van der Waals surface area contributed by atoms with Crippen LogP contribution in [-0.4, -0.2) is 46.0 Å². The number of carboxylic acid groups (broad SMARTS) is 2. The summed E-state index contributed by atoms with van der Waals surface area (Å²) in [6.45, 7) is -1.42. The van der Waals surface area contributed by atoms with Crippen LogP contribution >= 0.6 is 15.9 Å². The summed E-state index contributed by atoms with van der Waals surface area (Å²) in [5.74, 6) is -3.35. The van der Waals surface area contributed by atoms with Crippen LogP contribution in [0, 0.1) is 0 Å². The van der Waals surface area contributed by atoms with Crippen LogP contribution in [0.25, 0.3) is 0 Å². The third kappa shape index (κ3) is 4.25. The number of benzene rings is 1. The molecule has 7 nitrogen and oxygen atoms in total. The van der Waals surface area contributed by atoms with Gasteiger partial charge in [0, 0.05) is 10.2 Å². The topological polar surface area (TPSA) is 121 Å². The average molecular weight is 331 g/mol. The minimum atomic E-state index is -1.30. The molecular formula is C11H11BrN2O5. The highest BCUT2D eigenvalue weighted by atomic mass is 79.9. The van der Waals surface area contributed by atoms with Gasteiger partial charge in [0.1, 0.15) is 13.1 Å². The Kier molecular flexibility index (Phi) is 4.87. The molecule has 0 saturated carbocycles. The molecule has 1 rings (SSSR count). The molecule has 0 atom stereocenters. The van der Waals surface area contributed by atoms with Gasteiger partial charge in [-0.05, 0) is 18.2 Å². The van der Waals surface area contributed by atoms with Gasteiger partial charge in [0.15, 0.2) is 0 Å². The van der Waals surface area contributed by atoms with Gasteiger partial charge in [-0.2, -0.15) is 0 Å². The highest BCUT2D eigenvalue weighted by Crippen LogP contribution is 2.20. The van der Waals surface area contributed by atoms with E-state index in [1.165, 1.54) is 12.1 Å². The smallest absolute Gasteiger partial charge is 0.323 e. The van der Waals surface area contributed by atoms with E-state index in [1.807, 2.05) is 0 Å². The molecule has 8 heteroatoms. The number of nitrogens with zero attached hydrogens (tertiary/aromatic N) is 1. The van der Waals surface area contributed by atoms with E-state index in [9.17, 15) is 14.4 Å². The molecule has 0 aliphatic rings. The first-order valence-electron chi connectivity index (χ1n) is 5.09. The maximum atomic E-state index is 12.1. The number of amides is 1. The number of rotatable bonds is 5. The first-order valence-corrected chi connectivity index (χ1v) is 5.88. The van der Waals surface area contributed by atoms with Crippen LogP contribution < -0.4 is 5.73 Å². The third-order valence-electron chi connectivity index (χ3n) is 2.19. The summed E-state index contributed by atoms with van der Waals surface area (Å²) >= 11 is 3.16. The van der Waals surface area contributed by atoms with Crippen LogP contribution in [-0.2, 0) is 9.59 Å². The molecule has 0 aliphatic carbocycles. The monoisotopic (exact) mass is 330 g/mol. The normalized spacial score (nSPS) is 9.95. The number of hydrogen-bond donors (Lipinski definition) is 3. The van der Waals surface area contributed by atoms with E-state index >= 15 is 0 Å². The number of hydrogen-bond acceptors (Lipinski definition) is 4. The summed E-state index contributed by atoms with van der Waals surface area (Å²) in [5.41, 5.74) is 5.83. The largest absolute Gasteiger partial charge is 0.480 e. The highest BCUT2D eigenvalue weighted by molar-refractivity contribution is 9.10. The second-order valence-electron chi connectivity index (χ2n) is 3.68. The lowest BCUT2D eigenvalue weighted by molar-refractivity contribution is -0.140. The zero-order valence-corrected chi connectivity index (χ0v) is 11.3. The van der Waals surface area contributed by atoms with Crippen molar-refractivity contribution in [3.8, 4) is 0 Å². The molecule has 0 bridgehead atoms. The van der Waals surface area contributed by atoms with Gasteiger partial charge >= 0.3 is 11.9 Å². The number of nitrogens with two attached hydrogens (primary N) is 1. The van der Waals surface area contributed by atoms with E-state index in [4.69, 9.17) is 15.9 Å². The van der Waals surface area contributed by atoms with E-state index in [1.54, 1.807) is 6.07 Å². The van der Waals surface area contributed by atoms with Gasteiger partial charge in [-0.1, -0.05) is 15.9 Å². The maximum Gasteiger partial charge on any atom is 0.323 e. The zero-order chi connectivity index (χ0) is 14.6. The predicted octanol–water partition coefficient (Wildman–Crippen LogP) is 0.643. The molecule has 0 radical (unpaired) electrons. The molecule has 0 aromatic heterocycles. The number of carbonyl (C=O) groups excluding carboxylic acids is 1. The Morgan fingerprint density at radius 2 is 1.68 bits per heavy atom. The van der Waals surface area contributed by atoms with Gasteiger partial charge in [-0.3, -0.25) is 14.4 Å². The second-order valence-corrected chi connectivity index (χ2v) is 4.60. The Labute approximate surface area is 116 Å². The quantitative estimate of drug-likeness (QED) is 0.681. The van der Waals surface area contributed by atoms with Crippen molar-refractivity contribution in [1.29, 1.82) is 0 Å². The molecular weight excluding hydrogens is 320 g/mol.